The maximum atomic E-state index is 10.1. The fourth-order valence-corrected chi connectivity index (χ4v) is 1.81. The van der Waals surface area contributed by atoms with Crippen LogP contribution in [0.25, 0.3) is 0 Å². The molecule has 1 heterocycles. The van der Waals surface area contributed by atoms with E-state index < -0.39 is 0 Å². The number of benzene rings is 1. The molecule has 0 atom stereocenters. The number of rotatable bonds is 2. The van der Waals surface area contributed by atoms with Crippen molar-refractivity contribution in [2.24, 2.45) is 5.14 Å². The van der Waals surface area contributed by atoms with Gasteiger partial charge in [0, 0.05) is 43.6 Å². The van der Waals surface area contributed by atoms with Crippen molar-refractivity contribution in [3.63, 3.8) is 0 Å². The second-order valence-corrected chi connectivity index (χ2v) is 7.20. The number of carbonyl (C=O) groups is 1. The molecule has 1 aromatic rings. The van der Waals surface area contributed by atoms with E-state index in [9.17, 15) is 4.79 Å². The summed E-state index contributed by atoms with van der Waals surface area (Å²) >= 11 is 1.28. The molecule has 0 bridgehead atoms. The summed E-state index contributed by atoms with van der Waals surface area (Å²) in [5.74, 6) is 0. The van der Waals surface area contributed by atoms with Crippen LogP contribution in [0, 0.1) is 12.3 Å². The Morgan fingerprint density at radius 3 is 2.00 bits per heavy atom. The zero-order valence-corrected chi connectivity index (χ0v) is 16.3. The number of nitrogens with two attached hydrogens (primary N) is 1. The summed E-state index contributed by atoms with van der Waals surface area (Å²) in [5, 5.41) is 12.5. The molecule has 0 aliphatic carbocycles. The molecule has 5 nitrogen and oxygen atoms in total. The molecule has 24 heavy (non-hydrogen) atoms. The quantitative estimate of drug-likeness (QED) is 0.628. The van der Waals surface area contributed by atoms with Crippen LogP contribution >= 0.6 is 11.9 Å². The van der Waals surface area contributed by atoms with Crippen LogP contribution in [-0.2, 0) is 9.53 Å². The van der Waals surface area contributed by atoms with Gasteiger partial charge in [-0.2, -0.15) is 0 Å². The van der Waals surface area contributed by atoms with Gasteiger partial charge in [0.2, 0.25) is 6.41 Å². The van der Waals surface area contributed by atoms with Crippen molar-refractivity contribution in [1.82, 2.24) is 4.90 Å². The highest BCUT2D eigenvalue weighted by Gasteiger charge is 2.10. The SMILES string of the molecule is COC(C)(C)C.Cc1ccc(SN)cc1.N=C1CCN(C=O)CC1. The van der Waals surface area contributed by atoms with E-state index in [1.807, 2.05) is 32.9 Å². The molecule has 2 rings (SSSR count). The van der Waals surface area contributed by atoms with Gasteiger partial charge < -0.3 is 15.0 Å². The van der Waals surface area contributed by atoms with E-state index in [4.69, 9.17) is 15.3 Å². The first-order valence-corrected chi connectivity index (χ1v) is 8.84. The second-order valence-electron chi connectivity index (χ2n) is 6.49. The number of ether oxygens (including phenoxy) is 1. The molecule has 1 saturated heterocycles. The van der Waals surface area contributed by atoms with Crippen LogP contribution in [0.5, 0.6) is 0 Å². The number of likely N-dealkylation sites (tertiary alicyclic amines) is 1. The van der Waals surface area contributed by atoms with Gasteiger partial charge >= 0.3 is 0 Å². The minimum atomic E-state index is 0.0417. The monoisotopic (exact) mass is 353 g/mol. The summed E-state index contributed by atoms with van der Waals surface area (Å²) < 4.78 is 4.94. The zero-order valence-electron chi connectivity index (χ0n) is 15.5. The highest BCUT2D eigenvalue weighted by Crippen LogP contribution is 2.11. The summed E-state index contributed by atoms with van der Waals surface area (Å²) in [5.41, 5.74) is 2.08. The number of amides is 1. The Kier molecular flexibility index (Phi) is 11.4. The fourth-order valence-electron chi connectivity index (χ4n) is 1.52. The molecule has 0 unspecified atom stereocenters. The highest BCUT2D eigenvalue weighted by atomic mass is 32.2. The third-order valence-corrected chi connectivity index (χ3v) is 3.86. The minimum absolute atomic E-state index is 0.0417. The van der Waals surface area contributed by atoms with Gasteiger partial charge in [-0.1, -0.05) is 17.7 Å². The number of nitrogens with one attached hydrogen (secondary N) is 1. The third-order valence-electron chi connectivity index (χ3n) is 3.32. The van der Waals surface area contributed by atoms with E-state index in [-0.39, 0.29) is 5.60 Å². The van der Waals surface area contributed by atoms with Crippen LogP contribution in [-0.4, -0.2) is 42.8 Å². The fraction of sp³-hybridized carbons (Fsp3) is 0.556. The zero-order chi connectivity index (χ0) is 18.6. The second kappa shape index (κ2) is 12.1. The van der Waals surface area contributed by atoms with Crippen LogP contribution in [0.1, 0.15) is 39.2 Å². The van der Waals surface area contributed by atoms with Gasteiger partial charge in [-0.25, -0.2) is 0 Å². The molecule has 0 spiro atoms. The van der Waals surface area contributed by atoms with E-state index >= 15 is 0 Å². The summed E-state index contributed by atoms with van der Waals surface area (Å²) in [4.78, 5) is 12.9. The molecular formula is C18H31N3O2S. The molecule has 1 fully saturated rings. The molecule has 1 aliphatic rings. The predicted molar refractivity (Wildman–Crippen MR) is 103 cm³/mol. The summed E-state index contributed by atoms with van der Waals surface area (Å²) in [6.07, 6.45) is 2.38. The average molecular weight is 354 g/mol. The highest BCUT2D eigenvalue weighted by molar-refractivity contribution is 7.97. The Balaban J connectivity index is 0.000000340. The Labute approximate surface area is 150 Å². The minimum Gasteiger partial charge on any atom is -0.379 e. The number of hydrogen-bond acceptors (Lipinski definition) is 5. The van der Waals surface area contributed by atoms with Crippen LogP contribution in [0.2, 0.25) is 0 Å². The Morgan fingerprint density at radius 2 is 1.67 bits per heavy atom. The molecule has 6 heteroatoms. The van der Waals surface area contributed by atoms with E-state index in [1.165, 1.54) is 17.5 Å². The summed E-state index contributed by atoms with van der Waals surface area (Å²) in [6, 6.07) is 8.13. The van der Waals surface area contributed by atoms with Crippen LogP contribution < -0.4 is 5.14 Å². The molecule has 1 aromatic carbocycles. The molecule has 0 aromatic heterocycles. The van der Waals surface area contributed by atoms with E-state index in [1.54, 1.807) is 12.0 Å². The van der Waals surface area contributed by atoms with Gasteiger partial charge in [0.15, 0.2) is 0 Å². The average Bonchev–Trinajstić information content (AvgIpc) is 2.57. The number of aryl methyl sites for hydroxylation is 1. The number of nitrogens with zero attached hydrogens (tertiary/aromatic N) is 1. The van der Waals surface area contributed by atoms with Gasteiger partial charge in [-0.3, -0.25) is 9.93 Å². The molecule has 0 saturated carbocycles. The lowest BCUT2D eigenvalue weighted by Gasteiger charge is -2.22. The van der Waals surface area contributed by atoms with Crippen LogP contribution in [0.3, 0.4) is 0 Å². The van der Waals surface area contributed by atoms with E-state index in [0.717, 1.165) is 42.9 Å². The van der Waals surface area contributed by atoms with E-state index in [0.29, 0.717) is 0 Å². The number of methoxy groups -OCH3 is 1. The van der Waals surface area contributed by atoms with Crippen LogP contribution in [0.15, 0.2) is 29.2 Å². The maximum Gasteiger partial charge on any atom is 0.209 e. The molecule has 1 aliphatic heterocycles. The smallest absolute Gasteiger partial charge is 0.209 e. The van der Waals surface area contributed by atoms with Crippen molar-refractivity contribution in [3.05, 3.63) is 29.8 Å². The normalized spacial score (nSPS) is 14.1. The molecule has 136 valence electrons. The van der Waals surface area contributed by atoms with Crippen molar-refractivity contribution >= 4 is 24.1 Å². The van der Waals surface area contributed by atoms with Crippen molar-refractivity contribution in [3.8, 4) is 0 Å². The lowest BCUT2D eigenvalue weighted by molar-refractivity contribution is -0.118. The van der Waals surface area contributed by atoms with Gasteiger partial charge in [-0.05, 0) is 51.8 Å². The van der Waals surface area contributed by atoms with Crippen molar-refractivity contribution in [1.29, 1.82) is 5.41 Å². The first kappa shape index (κ1) is 22.6. The lowest BCUT2D eigenvalue weighted by Crippen LogP contribution is -2.32. The van der Waals surface area contributed by atoms with Crippen molar-refractivity contribution in [2.75, 3.05) is 20.2 Å². The van der Waals surface area contributed by atoms with Gasteiger partial charge in [0.05, 0.1) is 5.60 Å². The van der Waals surface area contributed by atoms with Gasteiger partial charge in [0.25, 0.3) is 0 Å². The predicted octanol–water partition coefficient (Wildman–Crippen LogP) is 3.65. The molecular weight excluding hydrogens is 322 g/mol. The Hall–Kier alpha value is -1.37. The summed E-state index contributed by atoms with van der Waals surface area (Å²) in [6.45, 7) is 9.60. The molecule has 0 radical (unpaired) electrons. The first-order chi connectivity index (χ1) is 11.2. The van der Waals surface area contributed by atoms with Gasteiger partial charge in [0.1, 0.15) is 0 Å². The molecule has 3 N–H and O–H groups in total. The number of carbonyl (C=O) groups excluding carboxylic acids is 1. The van der Waals surface area contributed by atoms with Crippen molar-refractivity contribution < 1.29 is 9.53 Å². The first-order valence-electron chi connectivity index (χ1n) is 7.96. The standard InChI is InChI=1S/C7H9NS.C6H10N2O.C5H12O/c1-6-2-4-7(9-8)5-3-6;7-6-1-3-8(5-9)4-2-6;1-5(2,3)6-4/h2-5H,8H2,1H3;5,7H,1-4H2;1-4H3. The largest absolute Gasteiger partial charge is 0.379 e. The third kappa shape index (κ3) is 12.1. The van der Waals surface area contributed by atoms with Gasteiger partial charge in [-0.15, -0.1) is 0 Å². The van der Waals surface area contributed by atoms with E-state index in [2.05, 4.69) is 19.1 Å². The maximum absolute atomic E-state index is 10.1. The molecule has 1 amide bonds. The number of piperidine rings is 1. The topological polar surface area (TPSA) is 79.4 Å². The van der Waals surface area contributed by atoms with Crippen molar-refractivity contribution in [2.45, 2.75) is 51.0 Å². The Bertz CT molecular complexity index is 474. The van der Waals surface area contributed by atoms with Crippen LogP contribution in [0.4, 0.5) is 0 Å². The lowest BCUT2D eigenvalue weighted by atomic mass is 10.1. The summed E-state index contributed by atoms with van der Waals surface area (Å²) in [7, 11) is 1.71. The Morgan fingerprint density at radius 1 is 1.21 bits per heavy atom. The number of hydrogen-bond donors (Lipinski definition) is 2.